The van der Waals surface area contributed by atoms with Crippen molar-refractivity contribution in [1.82, 2.24) is 0 Å². The maximum atomic E-state index is 2.34. The predicted octanol–water partition coefficient (Wildman–Crippen LogP) is 17.1. The molecule has 0 aliphatic carbocycles. The zero-order valence-electron chi connectivity index (χ0n) is 35.6. The minimum absolute atomic E-state index is 0.0874. The molecule has 0 saturated carbocycles. The molecule has 0 atom stereocenters. The molecule has 2 nitrogen and oxygen atoms in total. The predicted molar refractivity (Wildman–Crippen MR) is 266 cm³/mol. The number of anilines is 6. The molecule has 300 valence electrons. The lowest BCUT2D eigenvalue weighted by molar-refractivity contribution is 0.590. The Balaban J connectivity index is 0.885. The summed E-state index contributed by atoms with van der Waals surface area (Å²) in [6.07, 6.45) is 4.37. The van der Waals surface area contributed by atoms with E-state index in [0.717, 1.165) is 45.3 Å². The highest BCUT2D eigenvalue weighted by molar-refractivity contribution is 5.81. The van der Waals surface area contributed by atoms with Crippen LogP contribution in [0.5, 0.6) is 0 Å². The minimum atomic E-state index is 0.0874. The average Bonchev–Trinajstić information content (AvgIpc) is 3.33. The fourth-order valence-corrected chi connectivity index (χ4v) is 7.96. The van der Waals surface area contributed by atoms with Crippen molar-refractivity contribution in [2.75, 3.05) is 9.80 Å². The number of hydrogen-bond donors (Lipinski definition) is 0. The third-order valence-electron chi connectivity index (χ3n) is 11.5. The van der Waals surface area contributed by atoms with E-state index in [-0.39, 0.29) is 5.41 Å². The van der Waals surface area contributed by atoms with E-state index in [1.807, 2.05) is 0 Å². The Kier molecular flexibility index (Phi) is 11.5. The molecule has 0 spiro atoms. The van der Waals surface area contributed by atoms with Gasteiger partial charge in [-0.15, -0.1) is 0 Å². The summed E-state index contributed by atoms with van der Waals surface area (Å²) in [7, 11) is 0. The lowest BCUT2D eigenvalue weighted by Crippen LogP contribution is -2.13. The molecule has 0 aliphatic rings. The summed E-state index contributed by atoms with van der Waals surface area (Å²) in [6.45, 7) is 6.78. The van der Waals surface area contributed by atoms with E-state index in [1.54, 1.807) is 0 Å². The lowest BCUT2D eigenvalue weighted by atomic mass is 9.87. The third kappa shape index (κ3) is 9.06. The van der Waals surface area contributed by atoms with Gasteiger partial charge in [-0.2, -0.15) is 0 Å². The zero-order chi connectivity index (χ0) is 42.3. The highest BCUT2D eigenvalue weighted by Crippen LogP contribution is 2.39. The summed E-state index contributed by atoms with van der Waals surface area (Å²) in [5.74, 6) is 0. The van der Waals surface area contributed by atoms with Crippen LogP contribution in [0, 0.1) is 0 Å². The van der Waals surface area contributed by atoms with Crippen LogP contribution in [0.25, 0.3) is 45.5 Å². The van der Waals surface area contributed by atoms with Crippen LogP contribution in [0.4, 0.5) is 34.1 Å². The van der Waals surface area contributed by atoms with E-state index >= 15 is 0 Å². The maximum absolute atomic E-state index is 2.34. The molecule has 9 rings (SSSR count). The lowest BCUT2D eigenvalue weighted by Gasteiger charge is -2.27. The minimum Gasteiger partial charge on any atom is -0.311 e. The molecule has 0 aliphatic heterocycles. The summed E-state index contributed by atoms with van der Waals surface area (Å²) in [4.78, 5) is 4.63. The SMILES string of the molecule is CC(C)(C)c1ccc(N(c2ccc(-c3ccccc3)cc2)c2ccc(-c3ccc(/C=C/c4ccc(-c5ccc(N(c6ccccc6)c6ccccc6)cc5)cc4)cc3)cc2)cc1. The van der Waals surface area contributed by atoms with Gasteiger partial charge >= 0.3 is 0 Å². The monoisotopic (exact) mass is 798 g/mol. The molecule has 0 bridgehead atoms. The Morgan fingerprint density at radius 3 is 0.806 bits per heavy atom. The largest absolute Gasteiger partial charge is 0.311 e. The molecule has 62 heavy (non-hydrogen) atoms. The van der Waals surface area contributed by atoms with Crippen molar-refractivity contribution in [3.05, 3.63) is 253 Å². The summed E-state index contributed by atoms with van der Waals surface area (Å²) >= 11 is 0. The average molecular weight is 799 g/mol. The van der Waals surface area contributed by atoms with Crippen molar-refractivity contribution in [3.8, 4) is 33.4 Å². The topological polar surface area (TPSA) is 6.48 Å². The van der Waals surface area contributed by atoms with Crippen LogP contribution in [0.15, 0.2) is 237 Å². The second-order valence-corrected chi connectivity index (χ2v) is 16.7. The van der Waals surface area contributed by atoms with Gasteiger partial charge < -0.3 is 9.80 Å². The fraction of sp³-hybridized carbons (Fsp3) is 0.0667. The molecule has 0 heterocycles. The van der Waals surface area contributed by atoms with E-state index in [4.69, 9.17) is 0 Å². The quantitative estimate of drug-likeness (QED) is 0.120. The van der Waals surface area contributed by atoms with Gasteiger partial charge in [0.25, 0.3) is 0 Å². The van der Waals surface area contributed by atoms with Crippen molar-refractivity contribution < 1.29 is 0 Å². The van der Waals surface area contributed by atoms with Crippen LogP contribution in [-0.4, -0.2) is 0 Å². The Morgan fingerprint density at radius 2 is 0.500 bits per heavy atom. The van der Waals surface area contributed by atoms with Crippen LogP contribution >= 0.6 is 0 Å². The standard InChI is InChI=1S/C60H50N2/c1-60(2,3)53-35-43-59(44-36-53)62(57-37-29-50(30-38-57)47-13-7-4-8-14-47)58-41-33-52(34-42-58)49-27-23-46(24-28-49)20-19-45-21-25-48(26-22-45)51-31-39-56(40-32-51)61(54-15-9-5-10-16-54)55-17-11-6-12-18-55/h4-44H,1-3H3/b20-19+. The van der Waals surface area contributed by atoms with Crippen molar-refractivity contribution in [3.63, 3.8) is 0 Å². The van der Waals surface area contributed by atoms with Gasteiger partial charge in [0.05, 0.1) is 0 Å². The molecule has 9 aromatic rings. The zero-order valence-corrected chi connectivity index (χ0v) is 35.6. The Morgan fingerprint density at radius 1 is 0.258 bits per heavy atom. The molecule has 9 aromatic carbocycles. The Bertz CT molecular complexity index is 2800. The maximum Gasteiger partial charge on any atom is 0.0462 e. The first-order chi connectivity index (χ1) is 30.4. The van der Waals surface area contributed by atoms with Crippen LogP contribution in [0.1, 0.15) is 37.5 Å². The molecule has 0 amide bonds. The second-order valence-electron chi connectivity index (χ2n) is 16.7. The first-order valence-electron chi connectivity index (χ1n) is 21.4. The number of nitrogens with zero attached hydrogens (tertiary/aromatic N) is 2. The van der Waals surface area contributed by atoms with Crippen molar-refractivity contribution in [2.24, 2.45) is 0 Å². The number of para-hydroxylation sites is 2. The summed E-state index contributed by atoms with van der Waals surface area (Å²) < 4.78 is 0. The van der Waals surface area contributed by atoms with E-state index in [9.17, 15) is 0 Å². The number of benzene rings is 9. The van der Waals surface area contributed by atoms with Crippen LogP contribution in [0.2, 0.25) is 0 Å². The van der Waals surface area contributed by atoms with Gasteiger partial charge in [0.1, 0.15) is 0 Å². The van der Waals surface area contributed by atoms with Gasteiger partial charge in [-0.1, -0.05) is 197 Å². The van der Waals surface area contributed by atoms with Gasteiger partial charge in [-0.3, -0.25) is 0 Å². The molecule has 2 heteroatoms. The highest BCUT2D eigenvalue weighted by Gasteiger charge is 2.17. The molecule has 0 N–H and O–H groups in total. The summed E-state index contributed by atoms with van der Waals surface area (Å²) in [5.41, 5.74) is 17.7. The van der Waals surface area contributed by atoms with Crippen LogP contribution < -0.4 is 9.80 Å². The van der Waals surface area contributed by atoms with Gasteiger partial charge in [0.2, 0.25) is 0 Å². The molecule has 0 unspecified atom stereocenters. The highest BCUT2D eigenvalue weighted by atomic mass is 15.1. The van der Waals surface area contributed by atoms with Gasteiger partial charge in [-0.05, 0) is 128 Å². The van der Waals surface area contributed by atoms with E-state index in [2.05, 4.69) is 279 Å². The molecular weight excluding hydrogens is 749 g/mol. The normalized spacial score (nSPS) is 11.4. The van der Waals surface area contributed by atoms with E-state index in [1.165, 1.54) is 38.9 Å². The Labute approximate surface area is 367 Å². The third-order valence-corrected chi connectivity index (χ3v) is 11.5. The first kappa shape index (κ1) is 39.8. The molecule has 0 aromatic heterocycles. The summed E-state index contributed by atoms with van der Waals surface area (Å²) in [6, 6.07) is 84.8. The smallest absolute Gasteiger partial charge is 0.0462 e. The van der Waals surface area contributed by atoms with Gasteiger partial charge in [0.15, 0.2) is 0 Å². The van der Waals surface area contributed by atoms with Gasteiger partial charge in [0, 0.05) is 34.1 Å². The van der Waals surface area contributed by atoms with Crippen molar-refractivity contribution >= 4 is 46.3 Å². The van der Waals surface area contributed by atoms with E-state index < -0.39 is 0 Å². The number of hydrogen-bond acceptors (Lipinski definition) is 2. The summed E-state index contributed by atoms with van der Waals surface area (Å²) in [5, 5.41) is 0. The molecule has 0 saturated heterocycles. The molecular formula is C60H50N2. The molecule has 0 fully saturated rings. The van der Waals surface area contributed by atoms with Crippen molar-refractivity contribution in [1.29, 1.82) is 0 Å². The Hall–Kier alpha value is -7.68. The van der Waals surface area contributed by atoms with Crippen LogP contribution in [0.3, 0.4) is 0 Å². The van der Waals surface area contributed by atoms with E-state index in [0.29, 0.717) is 0 Å². The molecule has 0 radical (unpaired) electrons. The number of rotatable bonds is 11. The second kappa shape index (κ2) is 17.9. The van der Waals surface area contributed by atoms with Gasteiger partial charge in [-0.25, -0.2) is 0 Å². The first-order valence-corrected chi connectivity index (χ1v) is 21.4. The van der Waals surface area contributed by atoms with Crippen molar-refractivity contribution in [2.45, 2.75) is 26.2 Å². The fourth-order valence-electron chi connectivity index (χ4n) is 7.96. The van der Waals surface area contributed by atoms with Crippen LogP contribution in [-0.2, 0) is 5.41 Å².